The summed E-state index contributed by atoms with van der Waals surface area (Å²) in [4.78, 5) is 22.4. The molecular weight excluding hydrogens is 471 g/mol. The molecule has 2 aliphatic rings. The molecule has 0 N–H and O–H groups in total. The van der Waals surface area contributed by atoms with Gasteiger partial charge >= 0.3 is 6.18 Å². The second-order valence-corrected chi connectivity index (χ2v) is 9.49. The van der Waals surface area contributed by atoms with Crippen molar-refractivity contribution in [3.63, 3.8) is 0 Å². The third kappa shape index (κ3) is 4.32. The predicted octanol–water partition coefficient (Wildman–Crippen LogP) is 5.28. The van der Waals surface area contributed by atoms with E-state index >= 15 is 0 Å². The third-order valence-corrected chi connectivity index (χ3v) is 6.85. The standard InChI is InChI=1S/C25H24F3N7O/c1-13-14(2)32-24-22(31-13)21(16-3-6-20(29-10-16)25(26,27)28)33-23(34-24)15-7-8-36-19(9-15)17-11-30-35(12-17)18-4-5-18/h3,6,10-12,15,18-19H,4-5,7-9H2,1-2H3/t15-,19-/m1/s1. The van der Waals surface area contributed by atoms with Crippen LogP contribution in [0.1, 0.15) is 72.2 Å². The quantitative estimate of drug-likeness (QED) is 0.380. The summed E-state index contributed by atoms with van der Waals surface area (Å²) < 4.78 is 47.3. The summed E-state index contributed by atoms with van der Waals surface area (Å²) in [5.41, 5.74) is 3.24. The Bertz CT molecular complexity index is 1430. The fraction of sp³-hybridized carbons (Fsp3) is 0.440. The van der Waals surface area contributed by atoms with Crippen LogP contribution in [0.15, 0.2) is 30.7 Å². The van der Waals surface area contributed by atoms with E-state index in [1.165, 1.54) is 12.3 Å². The number of hydrogen-bond acceptors (Lipinski definition) is 7. The molecule has 0 bridgehead atoms. The van der Waals surface area contributed by atoms with Crippen molar-refractivity contribution in [1.82, 2.24) is 34.7 Å². The van der Waals surface area contributed by atoms with Crippen molar-refractivity contribution < 1.29 is 17.9 Å². The van der Waals surface area contributed by atoms with Gasteiger partial charge in [-0.05, 0) is 51.7 Å². The molecule has 0 aromatic carbocycles. The molecule has 4 aromatic heterocycles. The van der Waals surface area contributed by atoms with Crippen molar-refractivity contribution in [3.8, 4) is 11.3 Å². The average Bonchev–Trinajstić information content (AvgIpc) is 3.60. The van der Waals surface area contributed by atoms with Gasteiger partial charge in [0, 0.05) is 36.0 Å². The van der Waals surface area contributed by atoms with Gasteiger partial charge in [0.2, 0.25) is 0 Å². The molecule has 2 fully saturated rings. The van der Waals surface area contributed by atoms with Crippen LogP contribution in [0.4, 0.5) is 13.2 Å². The molecule has 6 rings (SSSR count). The van der Waals surface area contributed by atoms with Gasteiger partial charge in [0.15, 0.2) is 5.65 Å². The molecule has 0 unspecified atom stereocenters. The Morgan fingerprint density at radius 2 is 1.78 bits per heavy atom. The monoisotopic (exact) mass is 495 g/mol. The van der Waals surface area contributed by atoms with E-state index in [0.29, 0.717) is 53.0 Å². The molecule has 0 spiro atoms. The molecule has 8 nitrogen and oxygen atoms in total. The highest BCUT2D eigenvalue weighted by Gasteiger charge is 2.33. The van der Waals surface area contributed by atoms with Crippen molar-refractivity contribution in [2.75, 3.05) is 6.61 Å². The van der Waals surface area contributed by atoms with Crippen LogP contribution in [0.25, 0.3) is 22.4 Å². The lowest BCUT2D eigenvalue weighted by atomic mass is 9.92. The smallest absolute Gasteiger partial charge is 0.373 e. The number of halogens is 3. The van der Waals surface area contributed by atoms with Gasteiger partial charge in [0.25, 0.3) is 0 Å². The highest BCUT2D eigenvalue weighted by atomic mass is 19.4. The zero-order chi connectivity index (χ0) is 25.0. The van der Waals surface area contributed by atoms with Crippen LogP contribution in [0.5, 0.6) is 0 Å². The molecule has 36 heavy (non-hydrogen) atoms. The molecule has 1 saturated carbocycles. The van der Waals surface area contributed by atoms with Gasteiger partial charge in [-0.2, -0.15) is 18.3 Å². The zero-order valence-corrected chi connectivity index (χ0v) is 19.8. The van der Waals surface area contributed by atoms with Crippen molar-refractivity contribution in [2.45, 2.75) is 63.8 Å². The average molecular weight is 496 g/mol. The lowest BCUT2D eigenvalue weighted by molar-refractivity contribution is -0.141. The molecule has 1 saturated heterocycles. The van der Waals surface area contributed by atoms with Crippen LogP contribution >= 0.6 is 0 Å². The SMILES string of the molecule is Cc1nc2nc([C@@H]3CCO[C@@H](c4cnn(C5CC5)c4)C3)nc(-c3ccc(C(F)(F)F)nc3)c2nc1C. The first-order chi connectivity index (χ1) is 17.3. The largest absolute Gasteiger partial charge is 0.433 e. The maximum atomic E-state index is 13.1. The number of pyridine rings is 1. The first kappa shape index (κ1) is 23.0. The topological polar surface area (TPSA) is 91.5 Å². The number of hydrogen-bond donors (Lipinski definition) is 0. The van der Waals surface area contributed by atoms with Crippen LogP contribution in [0.2, 0.25) is 0 Å². The van der Waals surface area contributed by atoms with E-state index in [1.54, 1.807) is 0 Å². The van der Waals surface area contributed by atoms with E-state index in [4.69, 9.17) is 14.7 Å². The molecule has 4 aromatic rings. The maximum Gasteiger partial charge on any atom is 0.433 e. The van der Waals surface area contributed by atoms with Crippen molar-refractivity contribution in [2.24, 2.45) is 0 Å². The van der Waals surface area contributed by atoms with Gasteiger partial charge in [-0.25, -0.2) is 19.9 Å². The number of aryl methyl sites for hydroxylation is 2. The summed E-state index contributed by atoms with van der Waals surface area (Å²) in [5.74, 6) is 0.569. The van der Waals surface area contributed by atoms with E-state index in [1.807, 2.05) is 24.7 Å². The van der Waals surface area contributed by atoms with Gasteiger partial charge in [0.1, 0.15) is 22.7 Å². The molecule has 1 aliphatic carbocycles. The van der Waals surface area contributed by atoms with Crippen LogP contribution in [0.3, 0.4) is 0 Å². The number of nitrogens with zero attached hydrogens (tertiary/aromatic N) is 7. The summed E-state index contributed by atoms with van der Waals surface area (Å²) in [7, 11) is 0. The molecule has 5 heterocycles. The molecule has 11 heteroatoms. The second kappa shape index (κ2) is 8.58. The lowest BCUT2D eigenvalue weighted by Gasteiger charge is -2.28. The number of fused-ring (bicyclic) bond motifs is 1. The zero-order valence-electron chi connectivity index (χ0n) is 19.8. The number of aromatic nitrogens is 7. The maximum absolute atomic E-state index is 13.1. The van der Waals surface area contributed by atoms with Gasteiger partial charge in [-0.1, -0.05) is 0 Å². The first-order valence-electron chi connectivity index (χ1n) is 12.0. The summed E-state index contributed by atoms with van der Waals surface area (Å²) >= 11 is 0. The Kier molecular flexibility index (Phi) is 5.47. The molecular formula is C25H24F3N7O. The summed E-state index contributed by atoms with van der Waals surface area (Å²) in [6, 6.07) is 2.82. The number of rotatable bonds is 4. The van der Waals surface area contributed by atoms with Crippen LogP contribution in [-0.2, 0) is 10.9 Å². The molecule has 0 amide bonds. The van der Waals surface area contributed by atoms with Gasteiger partial charge < -0.3 is 4.74 Å². The minimum atomic E-state index is -4.52. The summed E-state index contributed by atoms with van der Waals surface area (Å²) in [6.45, 7) is 4.22. The van der Waals surface area contributed by atoms with Crippen LogP contribution in [-0.4, -0.2) is 41.3 Å². The fourth-order valence-electron chi connectivity index (χ4n) is 4.54. The first-order valence-corrected chi connectivity index (χ1v) is 12.0. The van der Waals surface area contributed by atoms with E-state index in [0.717, 1.165) is 36.6 Å². The fourth-order valence-corrected chi connectivity index (χ4v) is 4.54. The van der Waals surface area contributed by atoms with Gasteiger partial charge in [-0.15, -0.1) is 0 Å². The van der Waals surface area contributed by atoms with E-state index < -0.39 is 11.9 Å². The van der Waals surface area contributed by atoms with Crippen LogP contribution < -0.4 is 0 Å². The Labute approximate surface area is 205 Å². The van der Waals surface area contributed by atoms with Crippen LogP contribution in [0, 0.1) is 13.8 Å². The molecule has 2 atom stereocenters. The second-order valence-electron chi connectivity index (χ2n) is 9.49. The van der Waals surface area contributed by atoms with E-state index in [9.17, 15) is 13.2 Å². The van der Waals surface area contributed by atoms with E-state index in [-0.39, 0.29) is 12.0 Å². The molecule has 0 radical (unpaired) electrons. The highest BCUT2D eigenvalue weighted by molar-refractivity contribution is 5.86. The minimum absolute atomic E-state index is 0.0120. The van der Waals surface area contributed by atoms with Crippen molar-refractivity contribution >= 4 is 11.2 Å². The Morgan fingerprint density at radius 3 is 2.50 bits per heavy atom. The summed E-state index contributed by atoms with van der Waals surface area (Å²) in [6.07, 6.45) is 4.17. The number of ether oxygens (including phenoxy) is 1. The predicted molar refractivity (Wildman–Crippen MR) is 124 cm³/mol. The van der Waals surface area contributed by atoms with Gasteiger partial charge in [0.05, 0.1) is 29.7 Å². The third-order valence-electron chi connectivity index (χ3n) is 6.85. The highest BCUT2D eigenvalue weighted by Crippen LogP contribution is 2.40. The molecule has 1 aliphatic heterocycles. The normalized spacial score (nSPS) is 20.7. The summed E-state index contributed by atoms with van der Waals surface area (Å²) in [5, 5.41) is 4.49. The van der Waals surface area contributed by atoms with E-state index in [2.05, 4.69) is 26.2 Å². The number of alkyl halides is 3. The van der Waals surface area contributed by atoms with Crippen molar-refractivity contribution in [3.05, 3.63) is 59.2 Å². The molecule has 186 valence electrons. The Morgan fingerprint density at radius 1 is 0.972 bits per heavy atom. The lowest BCUT2D eigenvalue weighted by Crippen LogP contribution is -2.20. The Hall–Kier alpha value is -3.47. The Balaban J connectivity index is 1.38. The van der Waals surface area contributed by atoms with Crippen molar-refractivity contribution in [1.29, 1.82) is 0 Å². The minimum Gasteiger partial charge on any atom is -0.373 e. The van der Waals surface area contributed by atoms with Gasteiger partial charge in [-0.3, -0.25) is 9.67 Å².